The predicted octanol–water partition coefficient (Wildman–Crippen LogP) is 2.58. The van der Waals surface area contributed by atoms with Crippen LogP contribution in [0.15, 0.2) is 18.3 Å². The number of nitrogens with zero attached hydrogens (tertiary/aromatic N) is 1. The Bertz CT molecular complexity index is 235. The molecule has 1 aromatic heterocycles. The van der Waals surface area contributed by atoms with E-state index < -0.39 is 6.43 Å². The fourth-order valence-electron chi connectivity index (χ4n) is 0.834. The van der Waals surface area contributed by atoms with Crippen LogP contribution < -0.4 is 0 Å². The van der Waals surface area contributed by atoms with E-state index in [4.69, 9.17) is 0 Å². The summed E-state index contributed by atoms with van der Waals surface area (Å²) in [5, 5.41) is 0. The molecule has 1 rings (SSSR count). The number of aryl methyl sites for hydroxylation is 1. The van der Waals surface area contributed by atoms with E-state index in [0.29, 0.717) is 0 Å². The van der Waals surface area contributed by atoms with Crippen LogP contribution in [0, 0.1) is 0 Å². The van der Waals surface area contributed by atoms with Gasteiger partial charge >= 0.3 is 0 Å². The quantitative estimate of drug-likeness (QED) is 0.643. The maximum atomic E-state index is 12.0. The van der Waals surface area contributed by atoms with Gasteiger partial charge in [-0.25, -0.2) is 8.78 Å². The zero-order valence-corrected chi connectivity index (χ0v) is 6.22. The number of pyridine rings is 1. The zero-order chi connectivity index (χ0) is 8.27. The lowest BCUT2D eigenvalue weighted by atomic mass is 10.2. The van der Waals surface area contributed by atoms with E-state index in [1.54, 1.807) is 6.07 Å². The summed E-state index contributed by atoms with van der Waals surface area (Å²) in [4.78, 5) is 3.54. The highest BCUT2D eigenvalue weighted by molar-refractivity contribution is 5.16. The van der Waals surface area contributed by atoms with Crippen molar-refractivity contribution >= 4 is 0 Å². The van der Waals surface area contributed by atoms with E-state index in [1.807, 2.05) is 6.92 Å². The SMILES string of the molecule is CCc1ccnc(C(F)F)c1. The Morgan fingerprint density at radius 2 is 2.27 bits per heavy atom. The van der Waals surface area contributed by atoms with Crippen LogP contribution in [0.25, 0.3) is 0 Å². The normalized spacial score (nSPS) is 10.5. The maximum Gasteiger partial charge on any atom is 0.280 e. The summed E-state index contributed by atoms with van der Waals surface area (Å²) in [6.45, 7) is 1.92. The van der Waals surface area contributed by atoms with Crippen molar-refractivity contribution in [2.75, 3.05) is 0 Å². The molecule has 11 heavy (non-hydrogen) atoms. The van der Waals surface area contributed by atoms with Crippen LogP contribution in [0.4, 0.5) is 8.78 Å². The molecule has 0 amide bonds. The number of hydrogen-bond acceptors (Lipinski definition) is 1. The summed E-state index contributed by atoms with van der Waals surface area (Å²) in [6, 6.07) is 3.18. The molecular formula is C8H9F2N. The zero-order valence-electron chi connectivity index (χ0n) is 6.22. The lowest BCUT2D eigenvalue weighted by molar-refractivity contribution is 0.146. The summed E-state index contributed by atoms with van der Waals surface area (Å²) in [5.41, 5.74) is 0.764. The second-order valence-corrected chi connectivity index (χ2v) is 2.24. The average Bonchev–Trinajstić information content (AvgIpc) is 2.05. The summed E-state index contributed by atoms with van der Waals surface area (Å²) >= 11 is 0. The molecule has 60 valence electrons. The van der Waals surface area contributed by atoms with E-state index in [1.165, 1.54) is 12.3 Å². The van der Waals surface area contributed by atoms with Gasteiger partial charge in [-0.05, 0) is 24.1 Å². The molecule has 0 radical (unpaired) electrons. The van der Waals surface area contributed by atoms with Gasteiger partial charge in [-0.3, -0.25) is 4.98 Å². The van der Waals surface area contributed by atoms with Crippen molar-refractivity contribution in [1.82, 2.24) is 4.98 Å². The van der Waals surface area contributed by atoms with E-state index in [0.717, 1.165) is 12.0 Å². The van der Waals surface area contributed by atoms with Crippen molar-refractivity contribution in [1.29, 1.82) is 0 Å². The van der Waals surface area contributed by atoms with Gasteiger partial charge in [-0.15, -0.1) is 0 Å². The minimum absolute atomic E-state index is 0.135. The Morgan fingerprint density at radius 3 is 2.82 bits per heavy atom. The molecule has 0 saturated heterocycles. The molecule has 0 unspecified atom stereocenters. The third-order valence-electron chi connectivity index (χ3n) is 1.48. The third-order valence-corrected chi connectivity index (χ3v) is 1.48. The molecule has 0 atom stereocenters. The van der Waals surface area contributed by atoms with E-state index in [9.17, 15) is 8.78 Å². The first-order valence-corrected chi connectivity index (χ1v) is 3.47. The Balaban J connectivity index is 2.91. The highest BCUT2D eigenvalue weighted by atomic mass is 19.3. The van der Waals surface area contributed by atoms with E-state index >= 15 is 0 Å². The largest absolute Gasteiger partial charge is 0.280 e. The van der Waals surface area contributed by atoms with Gasteiger partial charge in [0.05, 0.1) is 0 Å². The lowest BCUT2D eigenvalue weighted by Gasteiger charge is -1.99. The number of halogens is 2. The summed E-state index contributed by atoms with van der Waals surface area (Å²) in [5.74, 6) is 0. The van der Waals surface area contributed by atoms with Crippen LogP contribution in [0.1, 0.15) is 24.6 Å². The summed E-state index contributed by atoms with van der Waals surface area (Å²) in [6.07, 6.45) is -0.274. The fraction of sp³-hybridized carbons (Fsp3) is 0.375. The molecule has 3 heteroatoms. The van der Waals surface area contributed by atoms with E-state index in [-0.39, 0.29) is 5.69 Å². The molecule has 0 aliphatic carbocycles. The van der Waals surface area contributed by atoms with Gasteiger partial charge in [0, 0.05) is 6.20 Å². The molecular weight excluding hydrogens is 148 g/mol. The Morgan fingerprint density at radius 1 is 1.55 bits per heavy atom. The monoisotopic (exact) mass is 157 g/mol. The molecule has 0 aromatic carbocycles. The lowest BCUT2D eigenvalue weighted by Crippen LogP contribution is -1.91. The molecule has 0 saturated carbocycles. The molecule has 0 bridgehead atoms. The van der Waals surface area contributed by atoms with Crippen LogP contribution in [0.2, 0.25) is 0 Å². The summed E-state index contributed by atoms with van der Waals surface area (Å²) < 4.78 is 24.0. The van der Waals surface area contributed by atoms with Gasteiger partial charge in [0.25, 0.3) is 6.43 Å². The topological polar surface area (TPSA) is 12.9 Å². The first kappa shape index (κ1) is 8.11. The highest BCUT2D eigenvalue weighted by Gasteiger charge is 2.07. The second kappa shape index (κ2) is 3.42. The summed E-state index contributed by atoms with van der Waals surface area (Å²) in [7, 11) is 0. The van der Waals surface area contributed by atoms with Crippen molar-refractivity contribution < 1.29 is 8.78 Å². The van der Waals surface area contributed by atoms with Crippen molar-refractivity contribution in [3.05, 3.63) is 29.6 Å². The standard InChI is InChI=1S/C8H9F2N/c1-2-6-3-4-11-7(5-6)8(9)10/h3-5,8H,2H2,1H3. The minimum Gasteiger partial charge on any atom is -0.255 e. The van der Waals surface area contributed by atoms with Crippen molar-refractivity contribution in [3.8, 4) is 0 Å². The Labute approximate surface area is 64.1 Å². The van der Waals surface area contributed by atoms with Gasteiger partial charge in [0.15, 0.2) is 0 Å². The number of hydrogen-bond donors (Lipinski definition) is 0. The van der Waals surface area contributed by atoms with Crippen molar-refractivity contribution in [2.24, 2.45) is 0 Å². The molecule has 1 nitrogen and oxygen atoms in total. The van der Waals surface area contributed by atoms with Gasteiger partial charge in [0.2, 0.25) is 0 Å². The molecule has 0 N–H and O–H groups in total. The highest BCUT2D eigenvalue weighted by Crippen LogP contribution is 2.16. The number of aromatic nitrogens is 1. The third kappa shape index (κ3) is 1.97. The molecule has 0 spiro atoms. The predicted molar refractivity (Wildman–Crippen MR) is 38.6 cm³/mol. The van der Waals surface area contributed by atoms with Crippen LogP contribution in [0.5, 0.6) is 0 Å². The number of rotatable bonds is 2. The second-order valence-electron chi connectivity index (χ2n) is 2.24. The fourth-order valence-corrected chi connectivity index (χ4v) is 0.834. The van der Waals surface area contributed by atoms with Crippen LogP contribution in [-0.2, 0) is 6.42 Å². The van der Waals surface area contributed by atoms with Gasteiger partial charge in [-0.2, -0.15) is 0 Å². The molecule has 0 aliphatic heterocycles. The van der Waals surface area contributed by atoms with Crippen molar-refractivity contribution in [2.45, 2.75) is 19.8 Å². The van der Waals surface area contributed by atoms with Crippen molar-refractivity contribution in [3.63, 3.8) is 0 Å². The van der Waals surface area contributed by atoms with Gasteiger partial charge in [-0.1, -0.05) is 6.92 Å². The molecule has 0 fully saturated rings. The Kier molecular flexibility index (Phi) is 2.52. The maximum absolute atomic E-state index is 12.0. The smallest absolute Gasteiger partial charge is 0.255 e. The van der Waals surface area contributed by atoms with Crippen LogP contribution in [0.3, 0.4) is 0 Å². The Hall–Kier alpha value is -0.990. The minimum atomic E-state index is -2.46. The molecule has 1 aromatic rings. The first-order valence-electron chi connectivity index (χ1n) is 3.47. The number of alkyl halides is 2. The van der Waals surface area contributed by atoms with Gasteiger partial charge in [0.1, 0.15) is 5.69 Å². The average molecular weight is 157 g/mol. The first-order chi connectivity index (χ1) is 5.24. The molecule has 1 heterocycles. The van der Waals surface area contributed by atoms with E-state index in [2.05, 4.69) is 4.98 Å². The molecule has 0 aliphatic rings. The van der Waals surface area contributed by atoms with Crippen LogP contribution >= 0.6 is 0 Å². The van der Waals surface area contributed by atoms with Crippen LogP contribution in [-0.4, -0.2) is 4.98 Å². The van der Waals surface area contributed by atoms with Gasteiger partial charge < -0.3 is 0 Å².